The standard InChI is InChI=1S/C11H8Cl2N2O/c12-8-5-7(14)6-9(13)11(8)16-10-3-1-2-4-15-10/h1-6H,14H2. The number of nitrogen functional groups attached to an aromatic ring is 1. The van der Waals surface area contributed by atoms with Crippen molar-refractivity contribution < 1.29 is 4.74 Å². The zero-order valence-corrected chi connectivity index (χ0v) is 9.66. The number of benzene rings is 1. The third-order valence-corrected chi connectivity index (χ3v) is 2.43. The molecule has 16 heavy (non-hydrogen) atoms. The molecule has 0 aliphatic rings. The second-order valence-corrected chi connectivity index (χ2v) is 3.90. The molecule has 0 spiro atoms. The van der Waals surface area contributed by atoms with Crippen LogP contribution >= 0.6 is 23.2 Å². The van der Waals surface area contributed by atoms with E-state index in [9.17, 15) is 0 Å². The monoisotopic (exact) mass is 254 g/mol. The normalized spacial score (nSPS) is 10.1. The molecule has 0 radical (unpaired) electrons. The molecule has 0 bridgehead atoms. The molecule has 0 saturated carbocycles. The Bertz CT molecular complexity index is 480. The van der Waals surface area contributed by atoms with Crippen LogP contribution in [0.2, 0.25) is 10.0 Å². The van der Waals surface area contributed by atoms with Gasteiger partial charge in [0.15, 0.2) is 5.75 Å². The Labute approximate surface area is 103 Å². The quantitative estimate of drug-likeness (QED) is 0.831. The molecule has 2 N–H and O–H groups in total. The molecular formula is C11H8Cl2N2O. The number of nitrogens with two attached hydrogens (primary N) is 1. The molecule has 82 valence electrons. The van der Waals surface area contributed by atoms with Gasteiger partial charge in [0.05, 0.1) is 10.0 Å². The summed E-state index contributed by atoms with van der Waals surface area (Å²) < 4.78 is 5.46. The molecule has 2 rings (SSSR count). The predicted octanol–water partition coefficient (Wildman–Crippen LogP) is 3.76. The maximum Gasteiger partial charge on any atom is 0.219 e. The third-order valence-electron chi connectivity index (χ3n) is 1.86. The first-order valence-electron chi connectivity index (χ1n) is 4.50. The highest BCUT2D eigenvalue weighted by Gasteiger charge is 2.10. The van der Waals surface area contributed by atoms with E-state index in [0.29, 0.717) is 27.4 Å². The van der Waals surface area contributed by atoms with Gasteiger partial charge in [-0.05, 0) is 18.2 Å². The minimum absolute atomic E-state index is 0.357. The predicted molar refractivity (Wildman–Crippen MR) is 65.2 cm³/mol. The summed E-state index contributed by atoms with van der Waals surface area (Å²) in [6.07, 6.45) is 1.62. The Hall–Kier alpha value is -1.45. The minimum Gasteiger partial charge on any atom is -0.436 e. The van der Waals surface area contributed by atoms with Gasteiger partial charge in [0.2, 0.25) is 5.88 Å². The van der Waals surface area contributed by atoms with Gasteiger partial charge < -0.3 is 10.5 Å². The molecule has 0 aliphatic heterocycles. The van der Waals surface area contributed by atoms with Crippen molar-refractivity contribution in [3.05, 3.63) is 46.6 Å². The van der Waals surface area contributed by atoms with Crippen molar-refractivity contribution in [1.82, 2.24) is 4.98 Å². The second-order valence-electron chi connectivity index (χ2n) is 3.08. The zero-order chi connectivity index (χ0) is 11.5. The molecule has 2 aromatic rings. The molecule has 0 aliphatic carbocycles. The van der Waals surface area contributed by atoms with Gasteiger partial charge in [-0.25, -0.2) is 4.98 Å². The maximum atomic E-state index is 5.97. The third kappa shape index (κ3) is 2.38. The van der Waals surface area contributed by atoms with Crippen LogP contribution in [-0.4, -0.2) is 4.98 Å². The number of rotatable bonds is 2. The maximum absolute atomic E-state index is 5.97. The van der Waals surface area contributed by atoms with Gasteiger partial charge in [-0.1, -0.05) is 29.3 Å². The lowest BCUT2D eigenvalue weighted by atomic mass is 10.3. The summed E-state index contributed by atoms with van der Waals surface area (Å²) in [5, 5.41) is 0.714. The number of aromatic nitrogens is 1. The Morgan fingerprint density at radius 2 is 1.81 bits per heavy atom. The van der Waals surface area contributed by atoms with Crippen molar-refractivity contribution >= 4 is 28.9 Å². The molecule has 0 fully saturated rings. The van der Waals surface area contributed by atoms with E-state index in [1.54, 1.807) is 36.5 Å². The minimum atomic E-state index is 0.357. The lowest BCUT2D eigenvalue weighted by Crippen LogP contribution is -1.91. The number of ether oxygens (including phenoxy) is 1. The fourth-order valence-electron chi connectivity index (χ4n) is 1.19. The summed E-state index contributed by atoms with van der Waals surface area (Å²) in [6, 6.07) is 8.46. The van der Waals surface area contributed by atoms with Gasteiger partial charge in [-0.3, -0.25) is 0 Å². The SMILES string of the molecule is Nc1cc(Cl)c(Oc2ccccn2)c(Cl)c1. The zero-order valence-electron chi connectivity index (χ0n) is 8.15. The molecule has 5 heteroatoms. The summed E-state index contributed by atoms with van der Waals surface area (Å²) in [5.41, 5.74) is 6.07. The van der Waals surface area contributed by atoms with Crippen molar-refractivity contribution in [1.29, 1.82) is 0 Å². The smallest absolute Gasteiger partial charge is 0.219 e. The van der Waals surface area contributed by atoms with E-state index in [1.165, 1.54) is 0 Å². The molecule has 0 amide bonds. The van der Waals surface area contributed by atoms with Crippen LogP contribution in [0.4, 0.5) is 5.69 Å². The van der Waals surface area contributed by atoms with Crippen molar-refractivity contribution in [2.45, 2.75) is 0 Å². The number of pyridine rings is 1. The van der Waals surface area contributed by atoms with Crippen LogP contribution in [0, 0.1) is 0 Å². The molecular weight excluding hydrogens is 247 g/mol. The van der Waals surface area contributed by atoms with Crippen LogP contribution in [0.1, 0.15) is 0 Å². The van der Waals surface area contributed by atoms with Crippen LogP contribution in [0.3, 0.4) is 0 Å². The van der Waals surface area contributed by atoms with Gasteiger partial charge in [0.25, 0.3) is 0 Å². The van der Waals surface area contributed by atoms with E-state index in [0.717, 1.165) is 0 Å². The van der Waals surface area contributed by atoms with Gasteiger partial charge in [0.1, 0.15) is 0 Å². The summed E-state index contributed by atoms with van der Waals surface area (Å²) >= 11 is 11.9. The van der Waals surface area contributed by atoms with Crippen molar-refractivity contribution in [3.63, 3.8) is 0 Å². The number of hydrogen-bond acceptors (Lipinski definition) is 3. The summed E-state index contributed by atoms with van der Waals surface area (Å²) in [6.45, 7) is 0. The molecule has 1 aromatic heterocycles. The first-order valence-corrected chi connectivity index (χ1v) is 5.26. The Balaban J connectivity index is 2.35. The Morgan fingerprint density at radius 3 is 2.38 bits per heavy atom. The van der Waals surface area contributed by atoms with Crippen molar-refractivity contribution in [2.24, 2.45) is 0 Å². The molecule has 1 aromatic carbocycles. The molecule has 0 unspecified atom stereocenters. The lowest BCUT2D eigenvalue weighted by Gasteiger charge is -2.08. The van der Waals surface area contributed by atoms with Gasteiger partial charge >= 0.3 is 0 Å². The van der Waals surface area contributed by atoms with Crippen molar-refractivity contribution in [3.8, 4) is 11.6 Å². The van der Waals surface area contributed by atoms with Gasteiger partial charge in [0, 0.05) is 18.0 Å². The number of halogens is 2. The fourth-order valence-corrected chi connectivity index (χ4v) is 1.77. The van der Waals surface area contributed by atoms with Crippen LogP contribution in [0.15, 0.2) is 36.5 Å². The first kappa shape index (κ1) is 11.0. The van der Waals surface area contributed by atoms with Gasteiger partial charge in [-0.15, -0.1) is 0 Å². The summed E-state index contributed by atoms with van der Waals surface area (Å²) in [5.74, 6) is 0.785. The number of anilines is 1. The number of hydrogen-bond donors (Lipinski definition) is 1. The molecule has 0 saturated heterocycles. The van der Waals surface area contributed by atoms with Crippen LogP contribution < -0.4 is 10.5 Å². The molecule has 3 nitrogen and oxygen atoms in total. The average molecular weight is 255 g/mol. The molecule has 1 heterocycles. The van der Waals surface area contributed by atoms with E-state index in [2.05, 4.69) is 4.98 Å². The molecule has 0 atom stereocenters. The van der Waals surface area contributed by atoms with Crippen LogP contribution in [0.25, 0.3) is 0 Å². The topological polar surface area (TPSA) is 48.1 Å². The highest BCUT2D eigenvalue weighted by Crippen LogP contribution is 2.37. The summed E-state index contributed by atoms with van der Waals surface area (Å²) in [7, 11) is 0. The second kappa shape index (κ2) is 4.60. The highest BCUT2D eigenvalue weighted by molar-refractivity contribution is 6.37. The van der Waals surface area contributed by atoms with Gasteiger partial charge in [-0.2, -0.15) is 0 Å². The van der Waals surface area contributed by atoms with Crippen LogP contribution in [0.5, 0.6) is 11.6 Å². The number of nitrogens with zero attached hydrogens (tertiary/aromatic N) is 1. The van der Waals surface area contributed by atoms with Crippen molar-refractivity contribution in [2.75, 3.05) is 5.73 Å². The Kier molecular flexibility index (Phi) is 3.17. The van der Waals surface area contributed by atoms with E-state index in [4.69, 9.17) is 33.7 Å². The highest BCUT2D eigenvalue weighted by atomic mass is 35.5. The Morgan fingerprint density at radius 1 is 1.12 bits per heavy atom. The van der Waals surface area contributed by atoms with Crippen LogP contribution in [-0.2, 0) is 0 Å². The average Bonchev–Trinajstić information content (AvgIpc) is 2.25. The van der Waals surface area contributed by atoms with E-state index in [1.807, 2.05) is 0 Å². The van der Waals surface area contributed by atoms with E-state index >= 15 is 0 Å². The van der Waals surface area contributed by atoms with E-state index in [-0.39, 0.29) is 0 Å². The largest absolute Gasteiger partial charge is 0.436 e. The first-order chi connectivity index (χ1) is 7.66. The fraction of sp³-hybridized carbons (Fsp3) is 0. The van der Waals surface area contributed by atoms with E-state index < -0.39 is 0 Å². The summed E-state index contributed by atoms with van der Waals surface area (Å²) in [4.78, 5) is 4.01. The lowest BCUT2D eigenvalue weighted by molar-refractivity contribution is 0.463.